The number of aromatic nitrogens is 1. The number of carbonyl (C=O) groups is 1. The van der Waals surface area contributed by atoms with Crippen LogP contribution in [-0.4, -0.2) is 29.1 Å². The molecule has 0 saturated carbocycles. The number of hydrogen-bond donors (Lipinski definition) is 0. The van der Waals surface area contributed by atoms with Crippen molar-refractivity contribution in [2.75, 3.05) is 7.11 Å². The highest BCUT2D eigenvalue weighted by Gasteiger charge is 2.42. The van der Waals surface area contributed by atoms with Crippen LogP contribution in [0.25, 0.3) is 0 Å². The van der Waals surface area contributed by atoms with Gasteiger partial charge >= 0.3 is 6.09 Å². The number of nitrogens with zero attached hydrogens (tertiary/aromatic N) is 2. The van der Waals surface area contributed by atoms with Gasteiger partial charge in [-0.05, 0) is 24.5 Å². The molecule has 3 atom stereocenters. The summed E-state index contributed by atoms with van der Waals surface area (Å²) in [6, 6.07) is 4.17. The van der Waals surface area contributed by atoms with Crippen LogP contribution in [0.5, 0.6) is 0 Å². The third kappa shape index (κ3) is 1.68. The van der Waals surface area contributed by atoms with E-state index in [0.29, 0.717) is 5.92 Å². The molecule has 4 rings (SSSR count). The molecule has 0 radical (unpaired) electrons. The van der Waals surface area contributed by atoms with Crippen molar-refractivity contribution < 1.29 is 9.53 Å². The van der Waals surface area contributed by atoms with Crippen LogP contribution in [-0.2, 0) is 4.74 Å². The SMILES string of the molecule is COC(=O)N1[C@H](c2cccnc2)[C@H]2C=C[C@H]1CC2. The van der Waals surface area contributed by atoms with E-state index >= 15 is 0 Å². The van der Waals surface area contributed by atoms with Crippen LogP contribution >= 0.6 is 0 Å². The number of rotatable bonds is 1. The summed E-state index contributed by atoms with van der Waals surface area (Å²) in [6.45, 7) is 0. The predicted octanol–water partition coefficient (Wildman–Crippen LogP) is 2.54. The topological polar surface area (TPSA) is 42.4 Å². The van der Waals surface area contributed by atoms with Crippen molar-refractivity contribution in [2.24, 2.45) is 5.92 Å². The number of fused-ring (bicyclic) bond motifs is 2. The summed E-state index contributed by atoms with van der Waals surface area (Å²) in [5, 5.41) is 0. The number of pyridine rings is 1. The maximum Gasteiger partial charge on any atom is 0.410 e. The van der Waals surface area contributed by atoms with E-state index in [0.717, 1.165) is 18.4 Å². The predicted molar refractivity (Wildman–Crippen MR) is 66.9 cm³/mol. The lowest BCUT2D eigenvalue weighted by Crippen LogP contribution is -2.50. The molecular weight excluding hydrogens is 228 g/mol. The van der Waals surface area contributed by atoms with Crippen LogP contribution in [0.15, 0.2) is 36.7 Å². The highest BCUT2D eigenvalue weighted by atomic mass is 16.5. The fourth-order valence-corrected chi connectivity index (χ4v) is 3.05. The Morgan fingerprint density at radius 1 is 1.44 bits per heavy atom. The molecule has 1 fully saturated rings. The summed E-state index contributed by atoms with van der Waals surface area (Å²) in [5.74, 6) is 0.373. The fraction of sp³-hybridized carbons (Fsp3) is 0.429. The first-order valence-electron chi connectivity index (χ1n) is 6.26. The fourth-order valence-electron chi connectivity index (χ4n) is 3.05. The third-order valence-electron chi connectivity index (χ3n) is 3.85. The molecule has 3 heterocycles. The Labute approximate surface area is 106 Å². The maximum atomic E-state index is 12.0. The van der Waals surface area contributed by atoms with E-state index in [4.69, 9.17) is 4.74 Å². The summed E-state index contributed by atoms with van der Waals surface area (Å²) in [6.07, 6.45) is 9.84. The van der Waals surface area contributed by atoms with Crippen LogP contribution in [0.4, 0.5) is 4.79 Å². The summed E-state index contributed by atoms with van der Waals surface area (Å²) in [4.78, 5) is 18.0. The van der Waals surface area contributed by atoms with Gasteiger partial charge in [-0.25, -0.2) is 4.79 Å². The lowest BCUT2D eigenvalue weighted by Gasteiger charge is -2.47. The monoisotopic (exact) mass is 244 g/mol. The van der Waals surface area contributed by atoms with Gasteiger partial charge in [-0.15, -0.1) is 0 Å². The summed E-state index contributed by atoms with van der Waals surface area (Å²) >= 11 is 0. The van der Waals surface area contributed by atoms with Crippen molar-refractivity contribution in [1.29, 1.82) is 0 Å². The molecule has 2 aliphatic heterocycles. The van der Waals surface area contributed by atoms with E-state index in [-0.39, 0.29) is 18.2 Å². The molecule has 0 spiro atoms. The first-order chi connectivity index (χ1) is 8.81. The van der Waals surface area contributed by atoms with Crippen molar-refractivity contribution >= 4 is 6.09 Å². The highest BCUT2D eigenvalue weighted by Crippen LogP contribution is 2.43. The molecule has 1 aromatic heterocycles. The highest BCUT2D eigenvalue weighted by molar-refractivity contribution is 5.69. The lowest BCUT2D eigenvalue weighted by atomic mass is 9.77. The zero-order valence-electron chi connectivity index (χ0n) is 10.3. The summed E-state index contributed by atoms with van der Waals surface area (Å²) in [7, 11) is 1.44. The standard InChI is InChI=1S/C14H16N2O2/c1-18-14(17)16-12-6-4-10(5-7-12)13(16)11-3-2-8-15-9-11/h2-4,6,8-10,12-13H,5,7H2,1H3/t10-,12-,13-/m0/s1. The molecule has 1 aromatic rings. The Balaban J connectivity index is 2.00. The zero-order chi connectivity index (χ0) is 12.5. The molecule has 0 unspecified atom stereocenters. The van der Waals surface area contributed by atoms with Crippen LogP contribution in [0, 0.1) is 5.92 Å². The van der Waals surface area contributed by atoms with Gasteiger partial charge < -0.3 is 4.74 Å². The molecule has 1 saturated heterocycles. The molecule has 1 aliphatic carbocycles. The first kappa shape index (κ1) is 11.3. The van der Waals surface area contributed by atoms with E-state index in [9.17, 15) is 4.79 Å². The quantitative estimate of drug-likeness (QED) is 0.713. The Bertz CT molecular complexity index is 472. The number of piperidine rings is 1. The number of amides is 1. The summed E-state index contributed by atoms with van der Waals surface area (Å²) in [5.41, 5.74) is 1.09. The van der Waals surface area contributed by atoms with Crippen molar-refractivity contribution in [3.8, 4) is 0 Å². The molecule has 3 aliphatic rings. The molecular formula is C14H16N2O2. The van der Waals surface area contributed by atoms with Crippen LogP contribution < -0.4 is 0 Å². The van der Waals surface area contributed by atoms with Gasteiger partial charge in [0.2, 0.25) is 0 Å². The van der Waals surface area contributed by atoms with Gasteiger partial charge in [-0.1, -0.05) is 18.2 Å². The van der Waals surface area contributed by atoms with Crippen LogP contribution in [0.2, 0.25) is 0 Å². The Morgan fingerprint density at radius 2 is 2.33 bits per heavy atom. The molecule has 4 heteroatoms. The van der Waals surface area contributed by atoms with E-state index < -0.39 is 0 Å². The molecule has 0 aromatic carbocycles. The van der Waals surface area contributed by atoms with Gasteiger partial charge in [0.25, 0.3) is 0 Å². The van der Waals surface area contributed by atoms with Gasteiger partial charge in [0, 0.05) is 18.3 Å². The normalized spacial score (nSPS) is 29.4. The number of hydrogen-bond acceptors (Lipinski definition) is 3. The molecule has 4 nitrogen and oxygen atoms in total. The molecule has 2 bridgehead atoms. The number of carbonyl (C=O) groups excluding carboxylic acids is 1. The summed E-state index contributed by atoms with van der Waals surface area (Å²) < 4.78 is 4.93. The average Bonchev–Trinajstić information content (AvgIpc) is 2.47. The Hall–Kier alpha value is -1.84. The van der Waals surface area contributed by atoms with E-state index in [1.165, 1.54) is 7.11 Å². The van der Waals surface area contributed by atoms with Crippen LogP contribution in [0.1, 0.15) is 24.4 Å². The molecule has 18 heavy (non-hydrogen) atoms. The Kier molecular flexibility index (Phi) is 2.78. The third-order valence-corrected chi connectivity index (χ3v) is 3.85. The van der Waals surface area contributed by atoms with Crippen LogP contribution in [0.3, 0.4) is 0 Å². The minimum absolute atomic E-state index is 0.0647. The Morgan fingerprint density at radius 3 is 2.94 bits per heavy atom. The zero-order valence-corrected chi connectivity index (χ0v) is 10.3. The molecule has 94 valence electrons. The largest absolute Gasteiger partial charge is 0.453 e. The lowest BCUT2D eigenvalue weighted by molar-refractivity contribution is 0.0473. The van der Waals surface area contributed by atoms with Gasteiger partial charge in [0.05, 0.1) is 19.2 Å². The second kappa shape index (κ2) is 4.44. The van der Waals surface area contributed by atoms with Crippen molar-refractivity contribution in [3.05, 3.63) is 42.2 Å². The maximum absolute atomic E-state index is 12.0. The second-order valence-electron chi connectivity index (χ2n) is 4.80. The number of ether oxygens (including phenoxy) is 1. The van der Waals surface area contributed by atoms with E-state index in [1.807, 2.05) is 23.2 Å². The van der Waals surface area contributed by atoms with Gasteiger partial charge in [-0.3, -0.25) is 9.88 Å². The molecule has 0 N–H and O–H groups in total. The van der Waals surface area contributed by atoms with Crippen molar-refractivity contribution in [3.63, 3.8) is 0 Å². The van der Waals surface area contributed by atoms with Gasteiger partial charge in [0.1, 0.15) is 0 Å². The molecule has 1 amide bonds. The van der Waals surface area contributed by atoms with E-state index in [1.54, 1.807) is 6.20 Å². The van der Waals surface area contributed by atoms with Gasteiger partial charge in [-0.2, -0.15) is 0 Å². The van der Waals surface area contributed by atoms with E-state index in [2.05, 4.69) is 17.1 Å². The number of methoxy groups -OCH3 is 1. The van der Waals surface area contributed by atoms with Crippen molar-refractivity contribution in [2.45, 2.75) is 24.9 Å². The van der Waals surface area contributed by atoms with Gasteiger partial charge in [0.15, 0.2) is 0 Å². The minimum atomic E-state index is -0.247. The average molecular weight is 244 g/mol. The smallest absolute Gasteiger partial charge is 0.410 e. The minimum Gasteiger partial charge on any atom is -0.453 e. The second-order valence-corrected chi connectivity index (χ2v) is 4.80. The first-order valence-corrected chi connectivity index (χ1v) is 6.26. The van der Waals surface area contributed by atoms with Crippen molar-refractivity contribution in [1.82, 2.24) is 9.88 Å².